The zero-order chi connectivity index (χ0) is 11.5. The van der Waals surface area contributed by atoms with Crippen molar-refractivity contribution in [2.24, 2.45) is 5.41 Å². The average molecular weight is 225 g/mol. The lowest BCUT2D eigenvalue weighted by Gasteiger charge is -2.23. The van der Waals surface area contributed by atoms with Gasteiger partial charge in [-0.3, -0.25) is 0 Å². The van der Waals surface area contributed by atoms with E-state index >= 15 is 0 Å². The van der Waals surface area contributed by atoms with E-state index in [2.05, 4.69) is 6.58 Å². The van der Waals surface area contributed by atoms with Gasteiger partial charge in [0.05, 0.1) is 6.61 Å². The second kappa shape index (κ2) is 4.82. The van der Waals surface area contributed by atoms with E-state index in [9.17, 15) is 5.11 Å². The third-order valence-corrected chi connectivity index (χ3v) is 3.01. The number of hydrogen-bond acceptors (Lipinski definition) is 1. The van der Waals surface area contributed by atoms with Gasteiger partial charge >= 0.3 is 0 Å². The predicted molar refractivity (Wildman–Crippen MR) is 65.3 cm³/mol. The highest BCUT2D eigenvalue weighted by atomic mass is 35.5. The van der Waals surface area contributed by atoms with E-state index in [1.807, 2.05) is 32.0 Å². The van der Waals surface area contributed by atoms with Gasteiger partial charge < -0.3 is 5.11 Å². The van der Waals surface area contributed by atoms with Crippen LogP contribution in [0.4, 0.5) is 0 Å². The highest BCUT2D eigenvalue weighted by molar-refractivity contribution is 6.31. The van der Waals surface area contributed by atoms with Crippen molar-refractivity contribution in [2.45, 2.75) is 20.3 Å². The van der Waals surface area contributed by atoms with E-state index in [0.717, 1.165) is 16.1 Å². The van der Waals surface area contributed by atoms with Gasteiger partial charge in [-0.15, -0.1) is 6.58 Å². The van der Waals surface area contributed by atoms with Gasteiger partial charge in [0.15, 0.2) is 0 Å². The highest BCUT2D eigenvalue weighted by Crippen LogP contribution is 2.27. The molecule has 2 heteroatoms. The van der Waals surface area contributed by atoms with Crippen LogP contribution in [0.3, 0.4) is 0 Å². The molecule has 1 N–H and O–H groups in total. The molecule has 0 fully saturated rings. The smallest absolute Gasteiger partial charge is 0.0522 e. The maximum Gasteiger partial charge on any atom is 0.0522 e. The Kier molecular flexibility index (Phi) is 3.95. The van der Waals surface area contributed by atoms with Crippen LogP contribution >= 0.6 is 11.6 Å². The lowest BCUT2D eigenvalue weighted by Crippen LogP contribution is -2.21. The first kappa shape index (κ1) is 12.3. The molecular formula is C13H17ClO. The minimum absolute atomic E-state index is 0.0840. The topological polar surface area (TPSA) is 20.2 Å². The maximum absolute atomic E-state index is 9.28. The van der Waals surface area contributed by atoms with E-state index in [1.54, 1.807) is 6.08 Å². The summed E-state index contributed by atoms with van der Waals surface area (Å²) in [4.78, 5) is 0. The van der Waals surface area contributed by atoms with Gasteiger partial charge in [0.2, 0.25) is 0 Å². The molecule has 0 spiro atoms. The van der Waals surface area contributed by atoms with E-state index in [1.165, 1.54) is 0 Å². The van der Waals surface area contributed by atoms with Crippen LogP contribution in [0.25, 0.3) is 0 Å². The Morgan fingerprint density at radius 1 is 1.53 bits per heavy atom. The Hall–Kier alpha value is -0.790. The quantitative estimate of drug-likeness (QED) is 0.778. The van der Waals surface area contributed by atoms with E-state index in [-0.39, 0.29) is 12.0 Å². The Labute approximate surface area is 96.4 Å². The summed E-state index contributed by atoms with van der Waals surface area (Å²) in [5.74, 6) is 0. The minimum atomic E-state index is -0.293. The summed E-state index contributed by atoms with van der Waals surface area (Å²) < 4.78 is 0. The van der Waals surface area contributed by atoms with Crippen molar-refractivity contribution in [3.8, 4) is 0 Å². The van der Waals surface area contributed by atoms with Gasteiger partial charge in [-0.2, -0.15) is 0 Å². The van der Waals surface area contributed by atoms with Gasteiger partial charge in [0.1, 0.15) is 0 Å². The van der Waals surface area contributed by atoms with Crippen LogP contribution in [-0.2, 0) is 6.42 Å². The molecule has 1 rings (SSSR count). The summed E-state index contributed by atoms with van der Waals surface area (Å²) in [5, 5.41) is 10.0. The second-order valence-corrected chi connectivity index (χ2v) is 4.70. The molecule has 1 aromatic carbocycles. The SMILES string of the molecule is C=CC(C)(CO)Cc1ccc(C)cc1Cl. The van der Waals surface area contributed by atoms with Crippen LogP contribution in [0.15, 0.2) is 30.9 Å². The molecule has 1 nitrogen and oxygen atoms in total. The standard InChI is InChI=1S/C13H17ClO/c1-4-13(3,9-15)8-11-6-5-10(2)7-12(11)14/h4-7,15H,1,8-9H2,2-3H3. The fraction of sp³-hybridized carbons (Fsp3) is 0.385. The van der Waals surface area contributed by atoms with E-state index in [0.29, 0.717) is 6.42 Å². The molecule has 0 saturated carbocycles. The minimum Gasteiger partial charge on any atom is -0.395 e. The van der Waals surface area contributed by atoms with Crippen molar-refractivity contribution in [1.82, 2.24) is 0 Å². The number of benzene rings is 1. The molecule has 0 amide bonds. The molecule has 0 aliphatic carbocycles. The van der Waals surface area contributed by atoms with E-state index < -0.39 is 0 Å². The number of aliphatic hydroxyl groups is 1. The first-order valence-electron chi connectivity index (χ1n) is 5.00. The lowest BCUT2D eigenvalue weighted by molar-refractivity contribution is 0.184. The van der Waals surface area contributed by atoms with Gasteiger partial charge in [-0.25, -0.2) is 0 Å². The van der Waals surface area contributed by atoms with Gasteiger partial charge in [-0.1, -0.05) is 36.7 Å². The largest absolute Gasteiger partial charge is 0.395 e. The van der Waals surface area contributed by atoms with Crippen molar-refractivity contribution in [2.75, 3.05) is 6.61 Å². The molecule has 0 bridgehead atoms. The number of rotatable bonds is 4. The fourth-order valence-corrected chi connectivity index (χ4v) is 1.73. The average Bonchev–Trinajstić information content (AvgIpc) is 2.22. The van der Waals surface area contributed by atoms with Crippen LogP contribution in [-0.4, -0.2) is 11.7 Å². The molecular weight excluding hydrogens is 208 g/mol. The van der Waals surface area contributed by atoms with Gasteiger partial charge in [0.25, 0.3) is 0 Å². The highest BCUT2D eigenvalue weighted by Gasteiger charge is 2.20. The zero-order valence-corrected chi connectivity index (χ0v) is 10.0. The van der Waals surface area contributed by atoms with Crippen molar-refractivity contribution < 1.29 is 5.11 Å². The Morgan fingerprint density at radius 3 is 2.67 bits per heavy atom. The molecule has 0 aromatic heterocycles. The van der Waals surface area contributed by atoms with Crippen molar-refractivity contribution in [3.63, 3.8) is 0 Å². The summed E-state index contributed by atoms with van der Waals surface area (Å²) in [6.45, 7) is 7.80. The number of aryl methyl sites for hydroxylation is 1. The van der Waals surface area contributed by atoms with Crippen molar-refractivity contribution in [3.05, 3.63) is 47.0 Å². The first-order chi connectivity index (χ1) is 7.00. The molecule has 0 saturated heterocycles. The summed E-state index contributed by atoms with van der Waals surface area (Å²) in [7, 11) is 0. The zero-order valence-electron chi connectivity index (χ0n) is 9.26. The van der Waals surface area contributed by atoms with Crippen LogP contribution < -0.4 is 0 Å². The molecule has 82 valence electrons. The van der Waals surface area contributed by atoms with Crippen molar-refractivity contribution >= 4 is 11.6 Å². The molecule has 1 unspecified atom stereocenters. The molecule has 0 radical (unpaired) electrons. The maximum atomic E-state index is 9.28. The lowest BCUT2D eigenvalue weighted by atomic mass is 9.84. The van der Waals surface area contributed by atoms with Crippen LogP contribution in [0.1, 0.15) is 18.1 Å². The Balaban J connectivity index is 2.94. The first-order valence-corrected chi connectivity index (χ1v) is 5.38. The summed E-state index contributed by atoms with van der Waals surface area (Å²) in [6, 6.07) is 5.98. The molecule has 0 aliphatic rings. The van der Waals surface area contributed by atoms with Crippen LogP contribution in [0.5, 0.6) is 0 Å². The van der Waals surface area contributed by atoms with Crippen LogP contribution in [0.2, 0.25) is 5.02 Å². The van der Waals surface area contributed by atoms with Gasteiger partial charge in [0, 0.05) is 10.4 Å². The molecule has 0 aliphatic heterocycles. The van der Waals surface area contributed by atoms with Gasteiger partial charge in [-0.05, 0) is 30.5 Å². The second-order valence-electron chi connectivity index (χ2n) is 4.29. The number of aliphatic hydroxyl groups excluding tert-OH is 1. The summed E-state index contributed by atoms with van der Waals surface area (Å²) >= 11 is 6.13. The third-order valence-electron chi connectivity index (χ3n) is 2.66. The molecule has 1 aromatic rings. The van der Waals surface area contributed by atoms with E-state index in [4.69, 9.17) is 11.6 Å². The predicted octanol–water partition coefficient (Wildman–Crippen LogP) is 3.38. The number of halogens is 1. The normalized spacial score (nSPS) is 14.7. The summed E-state index contributed by atoms with van der Waals surface area (Å²) in [6.07, 6.45) is 2.50. The molecule has 15 heavy (non-hydrogen) atoms. The van der Waals surface area contributed by atoms with Crippen LogP contribution in [0, 0.1) is 12.3 Å². The summed E-state index contributed by atoms with van der Waals surface area (Å²) in [5.41, 5.74) is 1.91. The van der Waals surface area contributed by atoms with Crippen molar-refractivity contribution in [1.29, 1.82) is 0 Å². The third kappa shape index (κ3) is 3.08. The Morgan fingerprint density at radius 2 is 2.20 bits per heavy atom. The Bertz CT molecular complexity index is 360. The molecule has 1 atom stereocenters. The molecule has 0 heterocycles. The fourth-order valence-electron chi connectivity index (χ4n) is 1.42. The monoisotopic (exact) mass is 224 g/mol. The number of hydrogen-bond donors (Lipinski definition) is 1.